The smallest absolute Gasteiger partial charge is 0.218 e. The Hall–Kier alpha value is -0.950. The van der Waals surface area contributed by atoms with Gasteiger partial charge in [0.15, 0.2) is 5.79 Å². The number of piperidine rings is 1. The van der Waals surface area contributed by atoms with Gasteiger partial charge >= 0.3 is 0 Å². The van der Waals surface area contributed by atoms with Crippen LogP contribution in [0, 0.1) is 6.92 Å². The van der Waals surface area contributed by atoms with Crippen molar-refractivity contribution in [1.82, 2.24) is 4.31 Å². The zero-order valence-corrected chi connectivity index (χ0v) is 13.8. The van der Waals surface area contributed by atoms with Gasteiger partial charge in [-0.05, 0) is 18.9 Å². The van der Waals surface area contributed by atoms with E-state index in [1.807, 2.05) is 31.2 Å². The first-order valence-corrected chi connectivity index (χ1v) is 9.41. The van der Waals surface area contributed by atoms with E-state index in [4.69, 9.17) is 9.47 Å². The van der Waals surface area contributed by atoms with Crippen molar-refractivity contribution in [2.24, 2.45) is 0 Å². The molecule has 0 N–H and O–H groups in total. The maximum Gasteiger partial charge on any atom is 0.218 e. The third kappa shape index (κ3) is 3.51. The molecule has 0 radical (unpaired) electrons. The van der Waals surface area contributed by atoms with E-state index in [9.17, 15) is 8.42 Å². The van der Waals surface area contributed by atoms with Gasteiger partial charge in [0, 0.05) is 25.9 Å². The van der Waals surface area contributed by atoms with Gasteiger partial charge < -0.3 is 9.47 Å². The molecule has 1 spiro atoms. The molecule has 5 nitrogen and oxygen atoms in total. The van der Waals surface area contributed by atoms with Crippen LogP contribution in [0.15, 0.2) is 24.3 Å². The highest BCUT2D eigenvalue weighted by Crippen LogP contribution is 2.32. The van der Waals surface area contributed by atoms with Gasteiger partial charge in [-0.1, -0.05) is 29.8 Å². The highest BCUT2D eigenvalue weighted by molar-refractivity contribution is 7.88. The molecular formula is C16H23NO4S. The van der Waals surface area contributed by atoms with Gasteiger partial charge in [-0.15, -0.1) is 0 Å². The number of sulfonamides is 1. The molecule has 0 aliphatic carbocycles. The lowest BCUT2D eigenvalue weighted by atomic mass is 10.0. The Kier molecular flexibility index (Phi) is 4.54. The summed E-state index contributed by atoms with van der Waals surface area (Å²) in [5.41, 5.74) is 1.92. The lowest BCUT2D eigenvalue weighted by molar-refractivity contribution is -0.280. The maximum absolute atomic E-state index is 12.6. The van der Waals surface area contributed by atoms with Crippen LogP contribution < -0.4 is 0 Å². The first kappa shape index (κ1) is 15.9. The predicted octanol–water partition coefficient (Wildman–Crippen LogP) is 2.05. The number of benzene rings is 1. The van der Waals surface area contributed by atoms with E-state index in [1.54, 1.807) is 4.31 Å². The molecular weight excluding hydrogens is 302 g/mol. The van der Waals surface area contributed by atoms with Crippen molar-refractivity contribution in [3.8, 4) is 0 Å². The maximum atomic E-state index is 12.6. The Morgan fingerprint density at radius 3 is 2.50 bits per heavy atom. The van der Waals surface area contributed by atoms with E-state index < -0.39 is 15.8 Å². The van der Waals surface area contributed by atoms with E-state index >= 15 is 0 Å². The zero-order valence-electron chi connectivity index (χ0n) is 13.0. The molecule has 6 heteroatoms. The van der Waals surface area contributed by atoms with Gasteiger partial charge in [0.25, 0.3) is 0 Å². The SMILES string of the molecule is Cc1cccc(CS(=O)(=O)N2CCC3(CC2)OCCCO3)c1. The quantitative estimate of drug-likeness (QED) is 0.853. The van der Waals surface area contributed by atoms with E-state index in [1.165, 1.54) is 0 Å². The van der Waals surface area contributed by atoms with Gasteiger partial charge in [-0.2, -0.15) is 0 Å². The predicted molar refractivity (Wildman–Crippen MR) is 83.9 cm³/mol. The zero-order chi connectivity index (χ0) is 15.6. The molecule has 22 heavy (non-hydrogen) atoms. The first-order valence-electron chi connectivity index (χ1n) is 7.80. The van der Waals surface area contributed by atoms with Crippen LogP contribution in [0.3, 0.4) is 0 Å². The standard InChI is InChI=1S/C16H23NO4S/c1-14-4-2-5-15(12-14)13-22(18,19)17-8-6-16(7-9-17)20-10-3-11-21-16/h2,4-5,12H,3,6-11,13H2,1H3. The first-order chi connectivity index (χ1) is 10.5. The van der Waals surface area contributed by atoms with E-state index in [-0.39, 0.29) is 5.75 Å². The van der Waals surface area contributed by atoms with Crippen LogP contribution in [0.4, 0.5) is 0 Å². The molecule has 0 amide bonds. The highest BCUT2D eigenvalue weighted by atomic mass is 32.2. The summed E-state index contributed by atoms with van der Waals surface area (Å²) in [7, 11) is -3.29. The number of hydrogen-bond acceptors (Lipinski definition) is 4. The van der Waals surface area contributed by atoms with Gasteiger partial charge in [-0.3, -0.25) is 0 Å². The Bertz CT molecular complexity index is 613. The molecule has 122 valence electrons. The summed E-state index contributed by atoms with van der Waals surface area (Å²) >= 11 is 0. The van der Waals surface area contributed by atoms with Crippen LogP contribution in [0.25, 0.3) is 0 Å². The van der Waals surface area contributed by atoms with Gasteiger partial charge in [0.1, 0.15) is 0 Å². The van der Waals surface area contributed by atoms with Gasteiger partial charge in [0.2, 0.25) is 10.0 Å². The molecule has 2 aliphatic rings. The molecule has 1 aromatic carbocycles. The summed E-state index contributed by atoms with van der Waals surface area (Å²) in [4.78, 5) is 0. The molecule has 2 heterocycles. The molecule has 1 aromatic rings. The molecule has 0 saturated carbocycles. The summed E-state index contributed by atoms with van der Waals surface area (Å²) in [6.45, 7) is 4.31. The van der Waals surface area contributed by atoms with Crippen molar-refractivity contribution < 1.29 is 17.9 Å². The lowest BCUT2D eigenvalue weighted by Crippen LogP contribution is -2.51. The average molecular weight is 325 g/mol. The second-order valence-corrected chi connectivity index (χ2v) is 8.07. The second-order valence-electron chi connectivity index (χ2n) is 6.11. The number of hydrogen-bond donors (Lipinski definition) is 0. The minimum atomic E-state index is -3.29. The summed E-state index contributed by atoms with van der Waals surface area (Å²) < 4.78 is 38.3. The molecule has 2 saturated heterocycles. The van der Waals surface area contributed by atoms with Crippen molar-refractivity contribution in [1.29, 1.82) is 0 Å². The Morgan fingerprint density at radius 2 is 1.86 bits per heavy atom. The third-order valence-corrected chi connectivity index (χ3v) is 6.18. The second kappa shape index (κ2) is 6.28. The summed E-state index contributed by atoms with van der Waals surface area (Å²) in [5.74, 6) is -0.489. The van der Waals surface area contributed by atoms with Crippen LogP contribution >= 0.6 is 0 Å². The normalized spacial score (nSPS) is 22.8. The van der Waals surface area contributed by atoms with Crippen LogP contribution in [0.5, 0.6) is 0 Å². The van der Waals surface area contributed by atoms with Crippen LogP contribution in [0.2, 0.25) is 0 Å². The number of rotatable bonds is 3. The summed E-state index contributed by atoms with van der Waals surface area (Å²) in [6, 6.07) is 7.66. The van der Waals surface area contributed by atoms with Crippen LogP contribution in [0.1, 0.15) is 30.4 Å². The molecule has 0 unspecified atom stereocenters. The Labute approximate surface area is 132 Å². The Morgan fingerprint density at radius 1 is 1.18 bits per heavy atom. The molecule has 0 atom stereocenters. The van der Waals surface area contributed by atoms with Crippen molar-refractivity contribution in [3.63, 3.8) is 0 Å². The van der Waals surface area contributed by atoms with E-state index in [0.29, 0.717) is 39.1 Å². The van der Waals surface area contributed by atoms with E-state index in [0.717, 1.165) is 17.5 Å². The topological polar surface area (TPSA) is 55.8 Å². The fourth-order valence-electron chi connectivity index (χ4n) is 3.11. The fraction of sp³-hybridized carbons (Fsp3) is 0.625. The van der Waals surface area contributed by atoms with E-state index in [2.05, 4.69) is 0 Å². The molecule has 0 bridgehead atoms. The molecule has 3 rings (SSSR count). The van der Waals surface area contributed by atoms with Crippen LogP contribution in [-0.2, 0) is 25.2 Å². The molecule has 2 fully saturated rings. The third-order valence-electron chi connectivity index (χ3n) is 4.33. The van der Waals surface area contributed by atoms with Gasteiger partial charge in [-0.25, -0.2) is 12.7 Å². The minimum Gasteiger partial charge on any atom is -0.350 e. The summed E-state index contributed by atoms with van der Waals surface area (Å²) in [5, 5.41) is 0. The number of ether oxygens (including phenoxy) is 2. The highest BCUT2D eigenvalue weighted by Gasteiger charge is 2.41. The summed E-state index contributed by atoms with van der Waals surface area (Å²) in [6.07, 6.45) is 2.14. The lowest BCUT2D eigenvalue weighted by Gasteiger charge is -2.42. The van der Waals surface area contributed by atoms with Crippen molar-refractivity contribution in [2.45, 2.75) is 37.7 Å². The molecule has 2 aliphatic heterocycles. The van der Waals surface area contributed by atoms with Crippen molar-refractivity contribution >= 4 is 10.0 Å². The monoisotopic (exact) mass is 325 g/mol. The van der Waals surface area contributed by atoms with Crippen LogP contribution in [-0.4, -0.2) is 44.8 Å². The molecule has 0 aromatic heterocycles. The Balaban J connectivity index is 1.64. The minimum absolute atomic E-state index is 0.0589. The van der Waals surface area contributed by atoms with Crippen molar-refractivity contribution in [3.05, 3.63) is 35.4 Å². The fourth-order valence-corrected chi connectivity index (χ4v) is 4.64. The van der Waals surface area contributed by atoms with Gasteiger partial charge in [0.05, 0.1) is 19.0 Å². The number of aryl methyl sites for hydroxylation is 1. The largest absolute Gasteiger partial charge is 0.350 e. The van der Waals surface area contributed by atoms with Crippen molar-refractivity contribution in [2.75, 3.05) is 26.3 Å². The number of nitrogens with zero attached hydrogens (tertiary/aromatic N) is 1. The average Bonchev–Trinajstić information content (AvgIpc) is 2.48.